The minimum Gasteiger partial charge on any atom is -0.504 e. The maximum absolute atomic E-state index is 12.4. The Bertz CT molecular complexity index is 431. The average molecular weight is 266 g/mol. The first-order chi connectivity index (χ1) is 9.04. The van der Waals surface area contributed by atoms with Crippen molar-refractivity contribution in [2.75, 3.05) is 13.1 Å². The molecule has 5 nitrogen and oxygen atoms in total. The van der Waals surface area contributed by atoms with Crippen molar-refractivity contribution in [2.24, 2.45) is 5.73 Å². The Balaban J connectivity index is 3.01. The van der Waals surface area contributed by atoms with E-state index in [4.69, 9.17) is 5.73 Å². The molecule has 1 aromatic carbocycles. The zero-order valence-corrected chi connectivity index (χ0v) is 11.5. The van der Waals surface area contributed by atoms with Gasteiger partial charge in [-0.25, -0.2) is 0 Å². The molecule has 0 atom stereocenters. The fourth-order valence-electron chi connectivity index (χ4n) is 2.14. The Morgan fingerprint density at radius 3 is 2.37 bits per heavy atom. The highest BCUT2D eigenvalue weighted by Crippen LogP contribution is 2.26. The van der Waals surface area contributed by atoms with Gasteiger partial charge in [0, 0.05) is 24.7 Å². The molecule has 5 heteroatoms. The Morgan fingerprint density at radius 1 is 1.26 bits per heavy atom. The molecule has 0 aliphatic carbocycles. The third-order valence-electron chi connectivity index (χ3n) is 3.24. The molecule has 106 valence electrons. The first-order valence-electron chi connectivity index (χ1n) is 6.58. The average Bonchev–Trinajstić information content (AvgIpc) is 2.41. The summed E-state index contributed by atoms with van der Waals surface area (Å²) >= 11 is 0. The topological polar surface area (TPSA) is 86.8 Å². The van der Waals surface area contributed by atoms with Crippen LogP contribution in [0, 0.1) is 0 Å². The molecule has 1 rings (SSSR count). The number of hydrogen-bond donors (Lipinski definition) is 3. The van der Waals surface area contributed by atoms with Crippen molar-refractivity contribution in [3.05, 3.63) is 23.8 Å². The van der Waals surface area contributed by atoms with Crippen molar-refractivity contribution in [1.29, 1.82) is 0 Å². The van der Waals surface area contributed by atoms with Gasteiger partial charge in [-0.05, 0) is 31.0 Å². The lowest BCUT2D eigenvalue weighted by Crippen LogP contribution is -2.42. The number of carbonyl (C=O) groups excluding carboxylic acids is 1. The summed E-state index contributed by atoms with van der Waals surface area (Å²) in [4.78, 5) is 14.2. The van der Waals surface area contributed by atoms with E-state index < -0.39 is 0 Å². The summed E-state index contributed by atoms with van der Waals surface area (Å²) in [7, 11) is 0. The van der Waals surface area contributed by atoms with Crippen LogP contribution in [0.5, 0.6) is 11.5 Å². The van der Waals surface area contributed by atoms with Crippen molar-refractivity contribution >= 4 is 5.91 Å². The van der Waals surface area contributed by atoms with Crippen LogP contribution in [0.1, 0.15) is 37.0 Å². The summed E-state index contributed by atoms with van der Waals surface area (Å²) in [6.07, 6.45) is 1.71. The maximum atomic E-state index is 12.4. The number of nitrogens with two attached hydrogens (primary N) is 1. The summed E-state index contributed by atoms with van der Waals surface area (Å²) in [5.41, 5.74) is 5.92. The summed E-state index contributed by atoms with van der Waals surface area (Å²) < 4.78 is 0. The van der Waals surface area contributed by atoms with Crippen molar-refractivity contribution < 1.29 is 15.0 Å². The van der Waals surface area contributed by atoms with E-state index in [1.54, 1.807) is 4.90 Å². The molecule has 4 N–H and O–H groups in total. The molecule has 0 saturated heterocycles. The molecule has 0 aromatic heterocycles. The van der Waals surface area contributed by atoms with E-state index in [1.165, 1.54) is 18.2 Å². The molecule has 0 bridgehead atoms. The first-order valence-corrected chi connectivity index (χ1v) is 6.58. The third kappa shape index (κ3) is 3.61. The number of aromatic hydroxyl groups is 2. The Morgan fingerprint density at radius 2 is 1.89 bits per heavy atom. The molecule has 0 saturated carbocycles. The largest absolute Gasteiger partial charge is 0.504 e. The molecule has 0 spiro atoms. The van der Waals surface area contributed by atoms with E-state index in [-0.39, 0.29) is 23.4 Å². The molecule has 0 heterocycles. The molecule has 0 aliphatic heterocycles. The van der Waals surface area contributed by atoms with E-state index in [9.17, 15) is 15.0 Å². The van der Waals surface area contributed by atoms with Gasteiger partial charge in [-0.2, -0.15) is 0 Å². The lowest BCUT2D eigenvalue weighted by atomic mass is 10.1. The number of benzene rings is 1. The van der Waals surface area contributed by atoms with Crippen molar-refractivity contribution in [2.45, 2.75) is 32.7 Å². The number of hydrogen-bond acceptors (Lipinski definition) is 4. The van der Waals surface area contributed by atoms with E-state index in [1.807, 2.05) is 13.8 Å². The predicted octanol–water partition coefficient (Wildman–Crippen LogP) is 1.69. The monoisotopic (exact) mass is 266 g/mol. The highest BCUT2D eigenvalue weighted by molar-refractivity contribution is 5.95. The number of rotatable bonds is 6. The predicted molar refractivity (Wildman–Crippen MR) is 74.2 cm³/mol. The third-order valence-corrected chi connectivity index (χ3v) is 3.24. The van der Waals surface area contributed by atoms with E-state index in [0.717, 1.165) is 12.8 Å². The van der Waals surface area contributed by atoms with Crippen LogP contribution >= 0.6 is 0 Å². The van der Waals surface area contributed by atoms with Crippen LogP contribution in [0.3, 0.4) is 0 Å². The number of nitrogens with zero attached hydrogens (tertiary/aromatic N) is 1. The van der Waals surface area contributed by atoms with Gasteiger partial charge in [0.15, 0.2) is 11.5 Å². The van der Waals surface area contributed by atoms with Crippen LogP contribution in [-0.2, 0) is 0 Å². The number of amides is 1. The van der Waals surface area contributed by atoms with Crippen LogP contribution in [0.2, 0.25) is 0 Å². The molecular formula is C14H22N2O3. The molecule has 19 heavy (non-hydrogen) atoms. The molecule has 1 aromatic rings. The second-order valence-corrected chi connectivity index (χ2v) is 4.46. The molecule has 0 unspecified atom stereocenters. The van der Waals surface area contributed by atoms with Crippen molar-refractivity contribution in [3.8, 4) is 11.5 Å². The minimum atomic E-state index is -0.289. The Hall–Kier alpha value is -1.75. The maximum Gasteiger partial charge on any atom is 0.254 e. The molecule has 0 radical (unpaired) electrons. The SMILES string of the molecule is CCC(CC)N(CCN)C(=O)c1ccc(O)c(O)c1. The van der Waals surface area contributed by atoms with Crippen LogP contribution in [0.4, 0.5) is 0 Å². The molecular weight excluding hydrogens is 244 g/mol. The Labute approximate surface area is 113 Å². The summed E-state index contributed by atoms with van der Waals surface area (Å²) in [6, 6.07) is 4.23. The standard InChI is InChI=1S/C14H22N2O3/c1-3-11(4-2)16(8-7-15)14(19)10-5-6-12(17)13(18)9-10/h5-6,9,11,17-18H,3-4,7-8,15H2,1-2H3. The quantitative estimate of drug-likeness (QED) is 0.684. The van der Waals surface area contributed by atoms with Crippen molar-refractivity contribution in [1.82, 2.24) is 4.90 Å². The van der Waals surface area contributed by atoms with Gasteiger partial charge in [0.2, 0.25) is 0 Å². The van der Waals surface area contributed by atoms with Gasteiger partial charge in [-0.1, -0.05) is 13.8 Å². The van der Waals surface area contributed by atoms with Gasteiger partial charge >= 0.3 is 0 Å². The van der Waals surface area contributed by atoms with Gasteiger partial charge in [-0.3, -0.25) is 4.79 Å². The number of phenols is 2. The molecule has 1 amide bonds. The van der Waals surface area contributed by atoms with Crippen LogP contribution in [-0.4, -0.2) is 40.2 Å². The normalized spacial score (nSPS) is 10.7. The summed E-state index contributed by atoms with van der Waals surface area (Å²) in [5.74, 6) is -0.693. The van der Waals surface area contributed by atoms with Crippen molar-refractivity contribution in [3.63, 3.8) is 0 Å². The van der Waals surface area contributed by atoms with E-state index in [2.05, 4.69) is 0 Å². The van der Waals surface area contributed by atoms with Gasteiger partial charge in [0.1, 0.15) is 0 Å². The fourth-order valence-corrected chi connectivity index (χ4v) is 2.14. The van der Waals surface area contributed by atoms with Gasteiger partial charge < -0.3 is 20.8 Å². The second-order valence-electron chi connectivity index (χ2n) is 4.46. The highest BCUT2D eigenvalue weighted by Gasteiger charge is 2.22. The van der Waals surface area contributed by atoms with Gasteiger partial charge in [0.05, 0.1) is 0 Å². The Kier molecular flexibility index (Phi) is 5.63. The molecule has 0 aliphatic rings. The minimum absolute atomic E-state index is 0.131. The molecule has 0 fully saturated rings. The zero-order chi connectivity index (χ0) is 14.4. The first kappa shape index (κ1) is 15.3. The smallest absolute Gasteiger partial charge is 0.254 e. The lowest BCUT2D eigenvalue weighted by molar-refractivity contribution is 0.0674. The van der Waals surface area contributed by atoms with Gasteiger partial charge in [-0.15, -0.1) is 0 Å². The zero-order valence-electron chi connectivity index (χ0n) is 11.5. The van der Waals surface area contributed by atoms with Crippen LogP contribution in [0.25, 0.3) is 0 Å². The van der Waals surface area contributed by atoms with Crippen LogP contribution in [0.15, 0.2) is 18.2 Å². The lowest BCUT2D eigenvalue weighted by Gasteiger charge is -2.30. The fraction of sp³-hybridized carbons (Fsp3) is 0.500. The van der Waals surface area contributed by atoms with E-state index >= 15 is 0 Å². The van der Waals surface area contributed by atoms with Gasteiger partial charge in [0.25, 0.3) is 5.91 Å². The summed E-state index contributed by atoms with van der Waals surface area (Å²) in [6.45, 7) is 4.93. The van der Waals surface area contributed by atoms with E-state index in [0.29, 0.717) is 18.7 Å². The number of carbonyl (C=O) groups is 1. The second kappa shape index (κ2) is 6.99. The highest BCUT2D eigenvalue weighted by atomic mass is 16.3. The number of phenolic OH excluding ortho intramolecular Hbond substituents is 2. The summed E-state index contributed by atoms with van der Waals surface area (Å²) in [5, 5.41) is 18.7. The van der Waals surface area contributed by atoms with Crippen LogP contribution < -0.4 is 5.73 Å².